The smallest absolute Gasteiger partial charge is 0.0658 e. The molecule has 0 spiro atoms. The van der Waals surface area contributed by atoms with Crippen LogP contribution in [0.3, 0.4) is 0 Å². The summed E-state index contributed by atoms with van der Waals surface area (Å²) in [6, 6.07) is 4.21. The van der Waals surface area contributed by atoms with Crippen LogP contribution in [-0.4, -0.2) is 4.98 Å². The fraction of sp³-hybridized carbons (Fsp3) is 0.417. The average Bonchev–Trinajstić information content (AvgIpc) is 2.16. The van der Waals surface area contributed by atoms with Gasteiger partial charge in [0.15, 0.2) is 0 Å². The van der Waals surface area contributed by atoms with Crippen molar-refractivity contribution in [1.29, 1.82) is 0 Å². The molecule has 1 nitrogen and oxygen atoms in total. The molecule has 0 aliphatic carbocycles. The van der Waals surface area contributed by atoms with E-state index in [0.717, 1.165) is 18.5 Å². The monoisotopic (exact) mass is 175 g/mol. The van der Waals surface area contributed by atoms with Gasteiger partial charge in [0.25, 0.3) is 0 Å². The molecule has 0 aromatic carbocycles. The third-order valence-electron chi connectivity index (χ3n) is 2.07. The van der Waals surface area contributed by atoms with E-state index in [1.54, 1.807) is 0 Å². The fourth-order valence-corrected chi connectivity index (χ4v) is 1.33. The Labute approximate surface area is 80.5 Å². The highest BCUT2D eigenvalue weighted by molar-refractivity contribution is 5.62. The van der Waals surface area contributed by atoms with Gasteiger partial charge in [-0.05, 0) is 37.0 Å². The van der Waals surface area contributed by atoms with Crippen molar-refractivity contribution in [2.45, 2.75) is 33.6 Å². The van der Waals surface area contributed by atoms with E-state index in [1.165, 1.54) is 11.1 Å². The van der Waals surface area contributed by atoms with Crippen LogP contribution in [-0.2, 0) is 0 Å². The first-order chi connectivity index (χ1) is 6.27. The molecule has 0 amide bonds. The Morgan fingerprint density at radius 3 is 2.62 bits per heavy atom. The lowest BCUT2D eigenvalue weighted by Crippen LogP contribution is -1.88. The predicted molar refractivity (Wildman–Crippen MR) is 57.5 cm³/mol. The molecule has 0 unspecified atom stereocenters. The van der Waals surface area contributed by atoms with Gasteiger partial charge in [0.1, 0.15) is 0 Å². The van der Waals surface area contributed by atoms with Gasteiger partial charge < -0.3 is 0 Å². The third-order valence-corrected chi connectivity index (χ3v) is 2.07. The maximum Gasteiger partial charge on any atom is 0.0658 e. The van der Waals surface area contributed by atoms with Gasteiger partial charge in [-0.25, -0.2) is 0 Å². The van der Waals surface area contributed by atoms with Crippen molar-refractivity contribution >= 4 is 5.57 Å². The van der Waals surface area contributed by atoms with E-state index >= 15 is 0 Å². The second kappa shape index (κ2) is 4.80. The van der Waals surface area contributed by atoms with E-state index in [2.05, 4.69) is 44.0 Å². The molecule has 0 atom stereocenters. The number of aromatic nitrogens is 1. The summed E-state index contributed by atoms with van der Waals surface area (Å²) in [6.45, 7) is 6.39. The summed E-state index contributed by atoms with van der Waals surface area (Å²) >= 11 is 0. The fourth-order valence-electron chi connectivity index (χ4n) is 1.33. The molecular weight excluding hydrogens is 158 g/mol. The topological polar surface area (TPSA) is 12.9 Å². The molecule has 1 aromatic heterocycles. The normalized spacial score (nSPS) is 11.8. The van der Waals surface area contributed by atoms with Gasteiger partial charge in [-0.2, -0.15) is 0 Å². The lowest BCUT2D eigenvalue weighted by atomic mass is 10.1. The Bertz CT molecular complexity index is 282. The summed E-state index contributed by atoms with van der Waals surface area (Å²) in [6.07, 6.45) is 6.31. The van der Waals surface area contributed by atoms with Crippen LogP contribution in [0.15, 0.2) is 24.4 Å². The molecule has 0 aliphatic rings. The molecule has 1 aromatic rings. The molecule has 0 radical (unpaired) electrons. The molecule has 0 fully saturated rings. The van der Waals surface area contributed by atoms with Crippen LogP contribution in [0.4, 0.5) is 0 Å². The number of allylic oxidation sites excluding steroid dienone is 2. The number of aryl methyl sites for hydroxylation is 1. The van der Waals surface area contributed by atoms with Crippen LogP contribution < -0.4 is 0 Å². The van der Waals surface area contributed by atoms with Gasteiger partial charge in [-0.3, -0.25) is 4.98 Å². The summed E-state index contributed by atoms with van der Waals surface area (Å²) in [5.74, 6) is 0. The minimum Gasteiger partial charge on any atom is -0.256 e. The van der Waals surface area contributed by atoms with E-state index in [0.29, 0.717) is 0 Å². The van der Waals surface area contributed by atoms with Crippen molar-refractivity contribution in [3.63, 3.8) is 0 Å². The summed E-state index contributed by atoms with van der Waals surface area (Å²) in [5.41, 5.74) is 3.69. The molecular formula is C12H17N. The van der Waals surface area contributed by atoms with Gasteiger partial charge in [0.05, 0.1) is 5.69 Å². The maximum absolute atomic E-state index is 4.40. The van der Waals surface area contributed by atoms with Crippen molar-refractivity contribution in [3.05, 3.63) is 35.7 Å². The highest BCUT2D eigenvalue weighted by atomic mass is 14.7. The summed E-state index contributed by atoms with van der Waals surface area (Å²) in [4.78, 5) is 4.40. The van der Waals surface area contributed by atoms with Crippen LogP contribution in [0.1, 0.15) is 37.9 Å². The second-order valence-corrected chi connectivity index (χ2v) is 3.21. The lowest BCUT2D eigenvalue weighted by molar-refractivity contribution is 1.13. The molecule has 13 heavy (non-hydrogen) atoms. The van der Waals surface area contributed by atoms with Gasteiger partial charge in [-0.15, -0.1) is 0 Å². The zero-order chi connectivity index (χ0) is 9.68. The van der Waals surface area contributed by atoms with Gasteiger partial charge in [-0.1, -0.05) is 26.0 Å². The van der Waals surface area contributed by atoms with E-state index in [-0.39, 0.29) is 0 Å². The number of hydrogen-bond acceptors (Lipinski definition) is 1. The van der Waals surface area contributed by atoms with Crippen LogP contribution >= 0.6 is 0 Å². The Hall–Kier alpha value is -1.11. The van der Waals surface area contributed by atoms with Crippen LogP contribution in [0.2, 0.25) is 0 Å². The quantitative estimate of drug-likeness (QED) is 0.684. The van der Waals surface area contributed by atoms with E-state index in [4.69, 9.17) is 0 Å². The highest BCUT2D eigenvalue weighted by Crippen LogP contribution is 2.16. The minimum absolute atomic E-state index is 1.06. The zero-order valence-electron chi connectivity index (χ0n) is 8.67. The molecule has 0 saturated carbocycles. The summed E-state index contributed by atoms with van der Waals surface area (Å²) < 4.78 is 0. The van der Waals surface area contributed by atoms with E-state index in [9.17, 15) is 0 Å². The SMILES string of the molecule is CC/C=C(\CC)c1ccc(C)cn1. The number of pyridine rings is 1. The molecule has 1 rings (SSSR count). The average molecular weight is 175 g/mol. The molecule has 0 aliphatic heterocycles. The van der Waals surface area contributed by atoms with Crippen molar-refractivity contribution < 1.29 is 0 Å². The molecule has 0 saturated heterocycles. The Morgan fingerprint density at radius 2 is 2.15 bits per heavy atom. The van der Waals surface area contributed by atoms with Crippen LogP contribution in [0, 0.1) is 6.92 Å². The minimum atomic E-state index is 1.06. The largest absolute Gasteiger partial charge is 0.256 e. The van der Waals surface area contributed by atoms with Crippen molar-refractivity contribution in [2.75, 3.05) is 0 Å². The predicted octanol–water partition coefficient (Wildman–Crippen LogP) is 3.59. The molecule has 0 N–H and O–H groups in total. The number of nitrogens with zero attached hydrogens (tertiary/aromatic N) is 1. The molecule has 0 bridgehead atoms. The van der Waals surface area contributed by atoms with E-state index < -0.39 is 0 Å². The highest BCUT2D eigenvalue weighted by Gasteiger charge is 1.98. The van der Waals surface area contributed by atoms with Gasteiger partial charge in [0, 0.05) is 6.20 Å². The van der Waals surface area contributed by atoms with Crippen molar-refractivity contribution in [1.82, 2.24) is 4.98 Å². The Balaban J connectivity index is 2.92. The maximum atomic E-state index is 4.40. The molecule has 1 heterocycles. The lowest BCUT2D eigenvalue weighted by Gasteiger charge is -2.03. The van der Waals surface area contributed by atoms with Crippen molar-refractivity contribution in [3.8, 4) is 0 Å². The third kappa shape index (κ3) is 2.69. The van der Waals surface area contributed by atoms with Crippen LogP contribution in [0.5, 0.6) is 0 Å². The second-order valence-electron chi connectivity index (χ2n) is 3.21. The Morgan fingerprint density at radius 1 is 1.38 bits per heavy atom. The first kappa shape index (κ1) is 9.97. The summed E-state index contributed by atoms with van der Waals surface area (Å²) in [5, 5.41) is 0. The van der Waals surface area contributed by atoms with Crippen molar-refractivity contribution in [2.24, 2.45) is 0 Å². The van der Waals surface area contributed by atoms with Gasteiger partial charge in [0.2, 0.25) is 0 Å². The zero-order valence-corrected chi connectivity index (χ0v) is 8.67. The number of rotatable bonds is 3. The molecule has 70 valence electrons. The number of hydrogen-bond donors (Lipinski definition) is 0. The first-order valence-corrected chi connectivity index (χ1v) is 4.90. The molecule has 1 heteroatoms. The standard InChI is InChI=1S/C12H17N/c1-4-6-11(5-2)12-8-7-10(3)9-13-12/h6-9H,4-5H2,1-3H3/b11-6+. The summed E-state index contributed by atoms with van der Waals surface area (Å²) in [7, 11) is 0. The Kier molecular flexibility index (Phi) is 3.69. The van der Waals surface area contributed by atoms with Gasteiger partial charge >= 0.3 is 0 Å². The first-order valence-electron chi connectivity index (χ1n) is 4.90. The van der Waals surface area contributed by atoms with E-state index in [1.807, 2.05) is 6.20 Å². The van der Waals surface area contributed by atoms with Crippen LogP contribution in [0.25, 0.3) is 5.57 Å².